The second-order valence-electron chi connectivity index (χ2n) is 4.97. The number of aromatic nitrogens is 1. The molecule has 0 fully saturated rings. The maximum absolute atomic E-state index is 12.1. The van der Waals surface area contributed by atoms with Crippen molar-refractivity contribution in [3.63, 3.8) is 0 Å². The quantitative estimate of drug-likeness (QED) is 0.692. The van der Waals surface area contributed by atoms with E-state index in [1.807, 2.05) is 0 Å². The number of primary amides is 1. The molecule has 8 heteroatoms. The predicted molar refractivity (Wildman–Crippen MR) is 86.8 cm³/mol. The van der Waals surface area contributed by atoms with E-state index in [0.717, 1.165) is 0 Å². The minimum atomic E-state index is -0.555. The molecule has 1 aromatic carbocycles. The summed E-state index contributed by atoms with van der Waals surface area (Å²) in [7, 11) is 1.35. The van der Waals surface area contributed by atoms with Gasteiger partial charge in [-0.2, -0.15) is 0 Å². The minimum absolute atomic E-state index is 0.0748. The lowest BCUT2D eigenvalue weighted by Crippen LogP contribution is -2.23. The number of carbonyl (C=O) groups excluding carboxylic acids is 2. The lowest BCUT2D eigenvalue weighted by Gasteiger charge is -2.13. The Morgan fingerprint density at radius 2 is 1.96 bits per heavy atom. The lowest BCUT2D eigenvalue weighted by atomic mass is 10.2. The third-order valence-electron chi connectivity index (χ3n) is 3.33. The first-order valence-corrected chi connectivity index (χ1v) is 7.02. The van der Waals surface area contributed by atoms with E-state index >= 15 is 0 Å². The Balaban J connectivity index is 2.14. The number of pyridine rings is 1. The van der Waals surface area contributed by atoms with Gasteiger partial charge in [-0.1, -0.05) is 0 Å². The van der Waals surface area contributed by atoms with Crippen molar-refractivity contribution in [2.75, 3.05) is 12.4 Å². The molecule has 2 amide bonds. The Kier molecular flexibility index (Phi) is 5.33. The molecule has 0 aliphatic rings. The summed E-state index contributed by atoms with van der Waals surface area (Å²) < 4.78 is 6.35. The van der Waals surface area contributed by atoms with Crippen LogP contribution in [0.5, 0.6) is 5.75 Å². The molecule has 1 aromatic heterocycles. The van der Waals surface area contributed by atoms with Gasteiger partial charge in [-0.25, -0.2) is 0 Å². The standard InChI is InChI=1S/C16H17N3O5/c1-24-14-7-19(12(9-20)6-13(14)21)8-15(22)18-11-4-2-10(3-5-11)16(17)23/h2-7,20H,8-9H2,1H3,(H2,17,23)(H,18,22). The van der Waals surface area contributed by atoms with E-state index in [1.54, 1.807) is 12.1 Å². The van der Waals surface area contributed by atoms with Crippen molar-refractivity contribution in [2.45, 2.75) is 13.2 Å². The van der Waals surface area contributed by atoms with E-state index in [1.165, 1.54) is 36.1 Å². The zero-order valence-corrected chi connectivity index (χ0v) is 13.0. The van der Waals surface area contributed by atoms with Gasteiger partial charge < -0.3 is 25.5 Å². The van der Waals surface area contributed by atoms with Gasteiger partial charge in [-0.15, -0.1) is 0 Å². The largest absolute Gasteiger partial charge is 0.491 e. The Labute approximate surface area is 137 Å². The van der Waals surface area contributed by atoms with Crippen molar-refractivity contribution in [1.29, 1.82) is 0 Å². The first-order valence-electron chi connectivity index (χ1n) is 7.02. The van der Waals surface area contributed by atoms with E-state index in [-0.39, 0.29) is 30.2 Å². The zero-order chi connectivity index (χ0) is 17.7. The summed E-state index contributed by atoms with van der Waals surface area (Å²) in [5.41, 5.74) is 5.89. The van der Waals surface area contributed by atoms with Crippen LogP contribution in [-0.2, 0) is 17.9 Å². The van der Waals surface area contributed by atoms with Gasteiger partial charge in [0, 0.05) is 23.0 Å². The first kappa shape index (κ1) is 17.2. The molecule has 126 valence electrons. The van der Waals surface area contributed by atoms with Crippen LogP contribution in [0.4, 0.5) is 5.69 Å². The Morgan fingerprint density at radius 1 is 1.29 bits per heavy atom. The highest BCUT2D eigenvalue weighted by Crippen LogP contribution is 2.11. The number of nitrogens with zero attached hydrogens (tertiary/aromatic N) is 1. The number of anilines is 1. The molecule has 0 unspecified atom stereocenters. The van der Waals surface area contributed by atoms with Crippen molar-refractivity contribution < 1.29 is 19.4 Å². The zero-order valence-electron chi connectivity index (χ0n) is 13.0. The van der Waals surface area contributed by atoms with Crippen LogP contribution in [0, 0.1) is 0 Å². The summed E-state index contributed by atoms with van der Waals surface area (Å²) in [6, 6.07) is 7.32. The average Bonchev–Trinajstić information content (AvgIpc) is 2.56. The Hall–Kier alpha value is -3.13. The van der Waals surface area contributed by atoms with Crippen LogP contribution in [0.3, 0.4) is 0 Å². The van der Waals surface area contributed by atoms with Crippen LogP contribution < -0.4 is 21.2 Å². The Morgan fingerprint density at radius 3 is 2.50 bits per heavy atom. The number of hydrogen-bond donors (Lipinski definition) is 3. The van der Waals surface area contributed by atoms with Gasteiger partial charge in [0.25, 0.3) is 0 Å². The first-order chi connectivity index (χ1) is 11.4. The molecule has 0 aliphatic heterocycles. The maximum Gasteiger partial charge on any atom is 0.248 e. The van der Waals surface area contributed by atoms with Crippen LogP contribution >= 0.6 is 0 Å². The van der Waals surface area contributed by atoms with E-state index in [9.17, 15) is 19.5 Å². The molecule has 1 heterocycles. The van der Waals surface area contributed by atoms with Crippen LogP contribution in [0.2, 0.25) is 0 Å². The van der Waals surface area contributed by atoms with Gasteiger partial charge in [0.2, 0.25) is 17.2 Å². The number of methoxy groups -OCH3 is 1. The van der Waals surface area contributed by atoms with Gasteiger partial charge in [-0.3, -0.25) is 14.4 Å². The van der Waals surface area contributed by atoms with E-state index in [4.69, 9.17) is 10.5 Å². The summed E-state index contributed by atoms with van der Waals surface area (Å²) in [5.74, 6) is -0.853. The van der Waals surface area contributed by atoms with Gasteiger partial charge in [0.05, 0.1) is 19.9 Å². The molecule has 0 spiro atoms. The number of aliphatic hydroxyl groups excluding tert-OH is 1. The maximum atomic E-state index is 12.1. The van der Waals surface area contributed by atoms with E-state index in [2.05, 4.69) is 5.32 Å². The molecule has 2 aromatic rings. The summed E-state index contributed by atoms with van der Waals surface area (Å²) >= 11 is 0. The molecule has 8 nitrogen and oxygen atoms in total. The molecule has 2 rings (SSSR count). The highest BCUT2D eigenvalue weighted by molar-refractivity contribution is 5.94. The molecule has 0 saturated carbocycles. The molecule has 0 saturated heterocycles. The number of hydrogen-bond acceptors (Lipinski definition) is 5. The van der Waals surface area contributed by atoms with Crippen molar-refractivity contribution >= 4 is 17.5 Å². The molecular weight excluding hydrogens is 314 g/mol. The van der Waals surface area contributed by atoms with Crippen molar-refractivity contribution in [3.8, 4) is 5.75 Å². The summed E-state index contributed by atoms with van der Waals surface area (Å²) in [4.78, 5) is 34.8. The lowest BCUT2D eigenvalue weighted by molar-refractivity contribution is -0.116. The number of nitrogens with one attached hydrogen (secondary N) is 1. The highest BCUT2D eigenvalue weighted by atomic mass is 16.5. The van der Waals surface area contributed by atoms with Crippen LogP contribution in [0.25, 0.3) is 0 Å². The van der Waals surface area contributed by atoms with Crippen molar-refractivity contribution in [2.24, 2.45) is 5.73 Å². The normalized spacial score (nSPS) is 10.2. The van der Waals surface area contributed by atoms with Crippen molar-refractivity contribution in [3.05, 3.63) is 58.0 Å². The van der Waals surface area contributed by atoms with Crippen LogP contribution in [0.15, 0.2) is 41.3 Å². The fraction of sp³-hybridized carbons (Fsp3) is 0.188. The molecule has 0 aliphatic carbocycles. The fourth-order valence-corrected chi connectivity index (χ4v) is 2.10. The minimum Gasteiger partial charge on any atom is -0.491 e. The second-order valence-corrected chi connectivity index (χ2v) is 4.97. The molecule has 4 N–H and O–H groups in total. The van der Waals surface area contributed by atoms with E-state index in [0.29, 0.717) is 16.9 Å². The molecule has 0 atom stereocenters. The second kappa shape index (κ2) is 7.42. The van der Waals surface area contributed by atoms with Gasteiger partial charge >= 0.3 is 0 Å². The van der Waals surface area contributed by atoms with E-state index < -0.39 is 5.91 Å². The number of rotatable bonds is 6. The average molecular weight is 331 g/mol. The summed E-state index contributed by atoms with van der Waals surface area (Å²) in [6.45, 7) is -0.510. The monoisotopic (exact) mass is 331 g/mol. The predicted octanol–water partition coefficient (Wildman–Crippen LogP) is 0.0868. The number of aliphatic hydroxyl groups is 1. The molecular formula is C16H17N3O5. The number of carbonyl (C=O) groups is 2. The SMILES string of the molecule is COc1cn(CC(=O)Nc2ccc(C(N)=O)cc2)c(CO)cc1=O. The van der Waals surface area contributed by atoms with Gasteiger partial charge in [-0.05, 0) is 24.3 Å². The molecule has 0 radical (unpaired) electrons. The Bertz CT molecular complexity index is 811. The molecule has 24 heavy (non-hydrogen) atoms. The third kappa shape index (κ3) is 3.99. The fourth-order valence-electron chi connectivity index (χ4n) is 2.10. The number of benzene rings is 1. The van der Waals surface area contributed by atoms with Crippen LogP contribution in [0.1, 0.15) is 16.1 Å². The summed E-state index contributed by atoms with van der Waals surface area (Å²) in [5, 5.41) is 12.0. The highest BCUT2D eigenvalue weighted by Gasteiger charge is 2.10. The van der Waals surface area contributed by atoms with Gasteiger partial charge in [0.15, 0.2) is 5.75 Å². The summed E-state index contributed by atoms with van der Waals surface area (Å²) in [6.07, 6.45) is 1.36. The molecule has 0 bridgehead atoms. The topological polar surface area (TPSA) is 124 Å². The third-order valence-corrected chi connectivity index (χ3v) is 3.33. The van der Waals surface area contributed by atoms with Gasteiger partial charge in [0.1, 0.15) is 6.54 Å². The number of amides is 2. The number of nitrogens with two attached hydrogens (primary N) is 1. The smallest absolute Gasteiger partial charge is 0.248 e. The van der Waals surface area contributed by atoms with Crippen molar-refractivity contribution in [1.82, 2.24) is 4.57 Å². The van der Waals surface area contributed by atoms with Crippen LogP contribution in [-0.4, -0.2) is 28.6 Å². The number of ether oxygens (including phenoxy) is 1.